The van der Waals surface area contributed by atoms with Gasteiger partial charge in [-0.3, -0.25) is 14.4 Å². The second-order valence-electron chi connectivity index (χ2n) is 12.9. The Bertz CT molecular complexity index is 1330. The second-order valence-corrected chi connectivity index (χ2v) is 13.3. The first-order valence-corrected chi connectivity index (χ1v) is 16.9. The van der Waals surface area contributed by atoms with E-state index in [1.165, 1.54) is 17.4 Å². The fourth-order valence-electron chi connectivity index (χ4n) is 7.06. The van der Waals surface area contributed by atoms with Gasteiger partial charge in [0.05, 0.1) is 12.1 Å². The molecule has 1 saturated carbocycles. The molecular weight excluding hydrogens is 592 g/mol. The van der Waals surface area contributed by atoms with Gasteiger partial charge in [0.15, 0.2) is 0 Å². The number of amides is 3. The van der Waals surface area contributed by atoms with Crippen molar-refractivity contribution in [3.8, 4) is 5.75 Å². The van der Waals surface area contributed by atoms with E-state index in [2.05, 4.69) is 34.1 Å². The van der Waals surface area contributed by atoms with Crippen molar-refractivity contribution in [2.24, 2.45) is 5.92 Å². The Kier molecular flexibility index (Phi) is 11.4. The van der Waals surface area contributed by atoms with Crippen LogP contribution < -0.4 is 20.7 Å². The van der Waals surface area contributed by atoms with Crippen molar-refractivity contribution in [3.63, 3.8) is 0 Å². The van der Waals surface area contributed by atoms with E-state index in [4.69, 9.17) is 16.3 Å². The number of ether oxygens (including phenoxy) is 1. The zero-order chi connectivity index (χ0) is 31.9. The number of nitrogens with one attached hydrogen (secondary N) is 3. The number of fused-ring (bicyclic) bond motifs is 1. The van der Waals surface area contributed by atoms with E-state index in [0.717, 1.165) is 68.2 Å². The fraction of sp³-hybridized carbons (Fsp3) is 0.571. The number of likely N-dealkylation sites (N-methyl/N-ethyl adjacent to an activating group) is 1. The van der Waals surface area contributed by atoms with Crippen molar-refractivity contribution < 1.29 is 24.2 Å². The number of carbonyl (C=O) groups is 3. The van der Waals surface area contributed by atoms with Gasteiger partial charge in [0.1, 0.15) is 23.9 Å². The molecule has 5 rings (SSSR count). The van der Waals surface area contributed by atoms with Crippen molar-refractivity contribution >= 4 is 29.3 Å². The third kappa shape index (κ3) is 8.37. The summed E-state index contributed by atoms with van der Waals surface area (Å²) >= 11 is 6.08. The molecule has 4 N–H and O–H groups in total. The van der Waals surface area contributed by atoms with Gasteiger partial charge in [-0.05, 0) is 80.2 Å². The van der Waals surface area contributed by atoms with Crippen LogP contribution >= 0.6 is 11.6 Å². The summed E-state index contributed by atoms with van der Waals surface area (Å²) in [5, 5.41) is 20.8. The molecule has 5 atom stereocenters. The maximum Gasteiger partial charge on any atom is 0.246 e. The summed E-state index contributed by atoms with van der Waals surface area (Å²) in [6, 6.07) is 10.8. The number of aliphatic hydroxyl groups is 1. The third-order valence-electron chi connectivity index (χ3n) is 9.55. The van der Waals surface area contributed by atoms with Crippen molar-refractivity contribution in [3.05, 3.63) is 64.2 Å². The second kappa shape index (κ2) is 15.4. The molecule has 0 saturated heterocycles. The first-order valence-electron chi connectivity index (χ1n) is 16.5. The van der Waals surface area contributed by atoms with Crippen LogP contribution in [0.1, 0.15) is 68.6 Å². The zero-order valence-corrected chi connectivity index (χ0v) is 27.2. The molecular formula is C35H47ClN4O5. The van der Waals surface area contributed by atoms with Crippen molar-refractivity contribution in [1.29, 1.82) is 0 Å². The summed E-state index contributed by atoms with van der Waals surface area (Å²) in [5.74, 6) is -0.101. The summed E-state index contributed by atoms with van der Waals surface area (Å²) in [6.45, 7) is 2.43. The number of benzene rings is 2. The summed E-state index contributed by atoms with van der Waals surface area (Å²) in [5.41, 5.74) is 3.12. The zero-order valence-electron chi connectivity index (χ0n) is 26.4. The molecule has 2 bridgehead atoms. The van der Waals surface area contributed by atoms with Crippen LogP contribution in [-0.4, -0.2) is 78.2 Å². The Labute approximate surface area is 271 Å². The standard InChI is InChI=1S/C35H47ClN4O5/c1-22(41)31-34(43)39-29(20-23-13-16-27(36)17-14-23)33(42)37-19-7-12-25-10-6-11-26-15-18-28(45-32(25)26)21-38-30(35(44)40(31)2)24-8-4-3-5-9-24/h6,10-11,13-14,16-17,22,24,28-31,38,41H,3-5,7-9,12,15,18-21H2,1-2H3,(H,37,42)(H,39,43)/t22?,28?,29-,30+,31+/m1/s1. The van der Waals surface area contributed by atoms with E-state index in [-0.39, 0.29) is 30.3 Å². The number of hydrogen-bond acceptors (Lipinski definition) is 6. The van der Waals surface area contributed by atoms with E-state index >= 15 is 0 Å². The molecule has 0 aromatic heterocycles. The number of carbonyl (C=O) groups excluding carboxylic acids is 3. The summed E-state index contributed by atoms with van der Waals surface area (Å²) < 4.78 is 6.56. The molecule has 3 aliphatic rings. The van der Waals surface area contributed by atoms with Gasteiger partial charge in [-0.2, -0.15) is 0 Å². The van der Waals surface area contributed by atoms with E-state index in [9.17, 15) is 19.5 Å². The third-order valence-corrected chi connectivity index (χ3v) is 9.80. The number of para-hydroxylation sites is 1. The van der Waals surface area contributed by atoms with Gasteiger partial charge >= 0.3 is 0 Å². The van der Waals surface area contributed by atoms with Gasteiger partial charge < -0.3 is 30.7 Å². The quantitative estimate of drug-likeness (QED) is 0.407. The highest BCUT2D eigenvalue weighted by molar-refractivity contribution is 6.30. The van der Waals surface area contributed by atoms with Crippen LogP contribution in [-0.2, 0) is 33.6 Å². The molecule has 9 nitrogen and oxygen atoms in total. The minimum Gasteiger partial charge on any atom is -0.489 e. The Morgan fingerprint density at radius 1 is 0.956 bits per heavy atom. The smallest absolute Gasteiger partial charge is 0.246 e. The van der Waals surface area contributed by atoms with Gasteiger partial charge in [-0.1, -0.05) is 61.2 Å². The van der Waals surface area contributed by atoms with E-state index in [1.54, 1.807) is 19.2 Å². The Morgan fingerprint density at radius 3 is 2.38 bits per heavy atom. The molecule has 45 heavy (non-hydrogen) atoms. The molecule has 2 aromatic carbocycles. The number of halogens is 1. The van der Waals surface area contributed by atoms with Crippen LogP contribution in [0.2, 0.25) is 5.02 Å². The molecule has 1 fully saturated rings. The highest BCUT2D eigenvalue weighted by Crippen LogP contribution is 2.33. The summed E-state index contributed by atoms with van der Waals surface area (Å²) in [6.07, 6.45) is 7.24. The molecule has 0 spiro atoms. The largest absolute Gasteiger partial charge is 0.489 e. The van der Waals surface area contributed by atoms with Crippen LogP contribution in [0.3, 0.4) is 0 Å². The lowest BCUT2D eigenvalue weighted by Crippen LogP contribution is -2.61. The summed E-state index contributed by atoms with van der Waals surface area (Å²) in [4.78, 5) is 42.9. The number of rotatable bonds is 4. The van der Waals surface area contributed by atoms with Gasteiger partial charge in [0.2, 0.25) is 17.7 Å². The SMILES string of the molecule is CC(O)[C@H]1C(=O)N[C@H](Cc2ccc(Cl)cc2)C(=O)NCCCc2cccc3c2OC(CC3)CN[C@@H](C2CCCCC2)C(=O)N1C. The lowest BCUT2D eigenvalue weighted by atomic mass is 9.83. The van der Waals surface area contributed by atoms with Crippen LogP contribution in [0.15, 0.2) is 42.5 Å². The van der Waals surface area contributed by atoms with Crippen molar-refractivity contribution in [1.82, 2.24) is 20.9 Å². The molecule has 244 valence electrons. The first kappa shape index (κ1) is 33.2. The van der Waals surface area contributed by atoms with Gasteiger partial charge in [0.25, 0.3) is 0 Å². The molecule has 2 heterocycles. The minimum absolute atomic E-state index is 0.0917. The molecule has 10 heteroatoms. The molecule has 3 amide bonds. The first-order chi connectivity index (χ1) is 21.7. The van der Waals surface area contributed by atoms with Crippen molar-refractivity contribution in [2.75, 3.05) is 20.1 Å². The molecule has 2 unspecified atom stereocenters. The predicted octanol–water partition coefficient (Wildman–Crippen LogP) is 3.57. The van der Waals surface area contributed by atoms with Crippen molar-refractivity contribution in [2.45, 2.75) is 101 Å². The molecule has 2 aliphatic heterocycles. The van der Waals surface area contributed by atoms with Crippen LogP contribution in [0.5, 0.6) is 5.75 Å². The monoisotopic (exact) mass is 638 g/mol. The maximum atomic E-state index is 14.2. The Balaban J connectivity index is 1.45. The number of nitrogens with zero attached hydrogens (tertiary/aromatic N) is 1. The average Bonchev–Trinajstić information content (AvgIpc) is 3.03. The fourth-order valence-corrected chi connectivity index (χ4v) is 7.19. The van der Waals surface area contributed by atoms with Gasteiger partial charge in [0, 0.05) is 31.6 Å². The number of aliphatic hydroxyl groups excluding tert-OH is 1. The average molecular weight is 639 g/mol. The lowest BCUT2D eigenvalue weighted by molar-refractivity contribution is -0.146. The topological polar surface area (TPSA) is 120 Å². The molecule has 1 aliphatic carbocycles. The Hall–Kier alpha value is -3.14. The van der Waals surface area contributed by atoms with Crippen LogP contribution in [0, 0.1) is 5.92 Å². The summed E-state index contributed by atoms with van der Waals surface area (Å²) in [7, 11) is 1.57. The minimum atomic E-state index is -1.18. The van der Waals surface area contributed by atoms with E-state index < -0.39 is 30.1 Å². The highest BCUT2D eigenvalue weighted by atomic mass is 35.5. The maximum absolute atomic E-state index is 14.2. The van der Waals surface area contributed by atoms with E-state index in [0.29, 0.717) is 24.5 Å². The molecule has 2 aromatic rings. The lowest BCUT2D eigenvalue weighted by Gasteiger charge is -2.38. The molecule has 0 radical (unpaired) electrons. The van der Waals surface area contributed by atoms with Crippen LogP contribution in [0.4, 0.5) is 0 Å². The van der Waals surface area contributed by atoms with Gasteiger partial charge in [-0.15, -0.1) is 0 Å². The normalized spacial score (nSPS) is 26.6. The Morgan fingerprint density at radius 2 is 1.67 bits per heavy atom. The highest BCUT2D eigenvalue weighted by Gasteiger charge is 2.39. The number of hydrogen-bond donors (Lipinski definition) is 4. The van der Waals surface area contributed by atoms with Gasteiger partial charge in [-0.25, -0.2) is 0 Å². The number of aryl methyl sites for hydroxylation is 2. The van der Waals surface area contributed by atoms with E-state index in [1.807, 2.05) is 12.1 Å². The van der Waals surface area contributed by atoms with Crippen LogP contribution in [0.25, 0.3) is 0 Å². The predicted molar refractivity (Wildman–Crippen MR) is 174 cm³/mol.